The topological polar surface area (TPSA) is 78.5 Å². The first-order chi connectivity index (χ1) is 12.7. The van der Waals surface area contributed by atoms with E-state index >= 15 is 0 Å². The van der Waals surface area contributed by atoms with Gasteiger partial charge in [-0.3, -0.25) is 19.7 Å². The molecule has 1 atom stereocenters. The molecule has 2 aliphatic heterocycles. The molecule has 0 aliphatic carbocycles. The minimum atomic E-state index is -0.985. The average molecular weight is 369 g/mol. The zero-order valence-corrected chi connectivity index (χ0v) is 16.6. The second kappa shape index (κ2) is 7.02. The maximum absolute atomic E-state index is 12.9. The number of benzene rings is 1. The quantitative estimate of drug-likeness (QED) is 0.590. The Bertz CT molecular complexity index is 793. The lowest BCUT2D eigenvalue weighted by atomic mass is 9.70. The van der Waals surface area contributed by atoms with E-state index in [0.29, 0.717) is 18.5 Å². The van der Waals surface area contributed by atoms with Gasteiger partial charge in [-0.15, -0.1) is 0 Å². The summed E-state index contributed by atoms with van der Waals surface area (Å²) in [6.07, 6.45) is 2.89. The normalized spacial score (nSPS) is 22.6. The number of hydrogen-bond donors (Lipinski definition) is 2. The second-order valence-corrected chi connectivity index (χ2v) is 8.68. The van der Waals surface area contributed by atoms with Gasteiger partial charge in [-0.25, -0.2) is 0 Å². The molecule has 0 bridgehead atoms. The molecule has 2 heterocycles. The number of rotatable bonds is 6. The molecule has 2 aliphatic rings. The summed E-state index contributed by atoms with van der Waals surface area (Å²) in [5, 5.41) is 5.85. The largest absolute Gasteiger partial charge is 0.385 e. The fraction of sp³-hybridized carbons (Fsp3) is 0.550. The van der Waals surface area contributed by atoms with E-state index in [0.717, 1.165) is 30.6 Å². The van der Waals surface area contributed by atoms with Crippen LogP contribution in [0.5, 0.6) is 0 Å². The van der Waals surface area contributed by atoms with Crippen molar-refractivity contribution in [2.24, 2.45) is 5.41 Å². The number of anilines is 1. The van der Waals surface area contributed by atoms with Gasteiger partial charge in [0.05, 0.1) is 5.44 Å². The minimum Gasteiger partial charge on any atom is -0.385 e. The minimum absolute atomic E-state index is 0.144. The van der Waals surface area contributed by atoms with Crippen LogP contribution in [-0.2, 0) is 16.1 Å². The van der Waals surface area contributed by atoms with Gasteiger partial charge in [0.1, 0.15) is 7.85 Å². The van der Waals surface area contributed by atoms with E-state index in [-0.39, 0.29) is 29.6 Å². The van der Waals surface area contributed by atoms with Crippen molar-refractivity contribution in [2.75, 3.05) is 11.9 Å². The molecule has 6 nitrogen and oxygen atoms in total. The molecule has 1 aromatic carbocycles. The van der Waals surface area contributed by atoms with E-state index in [1.165, 1.54) is 0 Å². The van der Waals surface area contributed by atoms with Crippen molar-refractivity contribution in [1.29, 1.82) is 0 Å². The number of nitrogens with zero attached hydrogens (tertiary/aromatic N) is 1. The van der Waals surface area contributed by atoms with Crippen LogP contribution in [0.2, 0.25) is 0 Å². The molecule has 3 rings (SSSR count). The number of fused-ring (bicyclic) bond motifs is 1. The number of carbonyl (C=O) groups excluding carboxylic acids is 3. The van der Waals surface area contributed by atoms with Crippen LogP contribution in [0.15, 0.2) is 18.2 Å². The predicted molar refractivity (Wildman–Crippen MR) is 107 cm³/mol. The Kier molecular flexibility index (Phi) is 5.06. The van der Waals surface area contributed by atoms with Crippen molar-refractivity contribution in [2.45, 2.75) is 58.4 Å². The van der Waals surface area contributed by atoms with Crippen LogP contribution in [0.1, 0.15) is 62.4 Å². The summed E-state index contributed by atoms with van der Waals surface area (Å²) in [4.78, 5) is 38.4. The molecule has 27 heavy (non-hydrogen) atoms. The Morgan fingerprint density at radius 1 is 1.30 bits per heavy atom. The van der Waals surface area contributed by atoms with Crippen LogP contribution < -0.4 is 10.6 Å². The lowest BCUT2D eigenvalue weighted by Crippen LogP contribution is -2.63. The lowest BCUT2D eigenvalue weighted by molar-refractivity contribution is -0.138. The van der Waals surface area contributed by atoms with Crippen molar-refractivity contribution in [3.8, 4) is 0 Å². The van der Waals surface area contributed by atoms with E-state index in [1.807, 2.05) is 18.2 Å². The van der Waals surface area contributed by atoms with Gasteiger partial charge >= 0.3 is 0 Å². The molecule has 0 saturated carbocycles. The molecule has 1 aromatic rings. The number of carbonyl (C=O) groups is 3. The van der Waals surface area contributed by atoms with Gasteiger partial charge in [0.2, 0.25) is 11.8 Å². The fourth-order valence-corrected chi connectivity index (χ4v) is 3.99. The number of amides is 3. The summed E-state index contributed by atoms with van der Waals surface area (Å²) in [6, 6.07) is 5.77. The third-order valence-corrected chi connectivity index (χ3v) is 5.78. The van der Waals surface area contributed by atoms with Crippen molar-refractivity contribution in [3.05, 3.63) is 29.3 Å². The van der Waals surface area contributed by atoms with Crippen molar-refractivity contribution in [1.82, 2.24) is 10.2 Å². The van der Waals surface area contributed by atoms with Crippen molar-refractivity contribution >= 4 is 31.3 Å². The molecule has 0 aromatic heterocycles. The fourth-order valence-electron chi connectivity index (χ4n) is 3.99. The highest BCUT2D eigenvalue weighted by Gasteiger charge is 2.48. The summed E-state index contributed by atoms with van der Waals surface area (Å²) in [7, 11) is 1.74. The SMILES string of the molecule is BC1(N2Cc3cc(NCC(C)(C)CCC)ccc3C2=O)CCC(=O)NC1=O. The Balaban J connectivity index is 1.76. The smallest absolute Gasteiger partial charge is 0.254 e. The second-order valence-electron chi connectivity index (χ2n) is 8.68. The predicted octanol–water partition coefficient (Wildman–Crippen LogP) is 1.65. The molecule has 1 unspecified atom stereocenters. The van der Waals surface area contributed by atoms with Crippen LogP contribution >= 0.6 is 0 Å². The summed E-state index contributed by atoms with van der Waals surface area (Å²) in [5.41, 5.74) is 1.76. The molecule has 1 fully saturated rings. The standard InChI is InChI=1S/C20H28BN3O3/c1-4-8-19(2,3)12-22-14-5-6-15-13(10-14)11-24(17(15)26)20(21)9-7-16(25)23-18(20)27/h5-6,10,22H,4,7-9,11-12,21H2,1-3H3,(H,23,25,27). The Morgan fingerprint density at radius 2 is 2.04 bits per heavy atom. The molecule has 3 amide bonds. The summed E-state index contributed by atoms with van der Waals surface area (Å²) in [6.45, 7) is 7.92. The van der Waals surface area contributed by atoms with Crippen LogP contribution in [0.25, 0.3) is 0 Å². The van der Waals surface area contributed by atoms with E-state index in [9.17, 15) is 14.4 Å². The maximum atomic E-state index is 12.9. The first-order valence-corrected chi connectivity index (χ1v) is 9.69. The Hall–Kier alpha value is -2.31. The molecule has 0 spiro atoms. The Morgan fingerprint density at radius 3 is 2.70 bits per heavy atom. The van der Waals surface area contributed by atoms with E-state index in [2.05, 4.69) is 31.4 Å². The number of imide groups is 1. The number of piperidine rings is 1. The van der Waals surface area contributed by atoms with Gasteiger partial charge in [0, 0.05) is 30.8 Å². The highest BCUT2D eigenvalue weighted by atomic mass is 16.2. The number of nitrogens with one attached hydrogen (secondary N) is 2. The third-order valence-electron chi connectivity index (χ3n) is 5.78. The van der Waals surface area contributed by atoms with Crippen LogP contribution in [0.3, 0.4) is 0 Å². The maximum Gasteiger partial charge on any atom is 0.254 e. The van der Waals surface area contributed by atoms with Gasteiger partial charge < -0.3 is 10.2 Å². The van der Waals surface area contributed by atoms with Crippen LogP contribution in [0.4, 0.5) is 5.69 Å². The zero-order valence-electron chi connectivity index (χ0n) is 16.6. The van der Waals surface area contributed by atoms with E-state index < -0.39 is 5.44 Å². The highest BCUT2D eigenvalue weighted by Crippen LogP contribution is 2.34. The average Bonchev–Trinajstić information content (AvgIpc) is 2.94. The van der Waals surface area contributed by atoms with Crippen molar-refractivity contribution in [3.63, 3.8) is 0 Å². The van der Waals surface area contributed by atoms with E-state index in [1.54, 1.807) is 12.7 Å². The Labute approximate surface area is 161 Å². The molecular weight excluding hydrogens is 341 g/mol. The highest BCUT2D eigenvalue weighted by molar-refractivity contribution is 6.32. The first kappa shape index (κ1) is 19.5. The molecule has 0 radical (unpaired) electrons. The third kappa shape index (κ3) is 3.73. The van der Waals surface area contributed by atoms with Gasteiger partial charge in [-0.05, 0) is 42.0 Å². The van der Waals surface area contributed by atoms with Crippen molar-refractivity contribution < 1.29 is 14.4 Å². The number of hydrogen-bond acceptors (Lipinski definition) is 4. The summed E-state index contributed by atoms with van der Waals surface area (Å²) < 4.78 is 0. The van der Waals surface area contributed by atoms with Gasteiger partial charge in [-0.2, -0.15) is 0 Å². The zero-order chi connectivity index (χ0) is 19.8. The van der Waals surface area contributed by atoms with Gasteiger partial charge in [0.15, 0.2) is 0 Å². The summed E-state index contributed by atoms with van der Waals surface area (Å²) >= 11 is 0. The molecule has 1 saturated heterocycles. The summed E-state index contributed by atoms with van der Waals surface area (Å²) in [5.74, 6) is -0.808. The van der Waals surface area contributed by atoms with Gasteiger partial charge in [-0.1, -0.05) is 27.2 Å². The molecular formula is C20H28BN3O3. The molecule has 144 valence electrons. The molecule has 2 N–H and O–H groups in total. The van der Waals surface area contributed by atoms with Crippen LogP contribution in [-0.4, -0.2) is 42.5 Å². The van der Waals surface area contributed by atoms with Crippen LogP contribution in [0, 0.1) is 5.41 Å². The molecule has 7 heteroatoms. The van der Waals surface area contributed by atoms with Gasteiger partial charge in [0.25, 0.3) is 5.91 Å². The lowest BCUT2D eigenvalue weighted by Gasteiger charge is -2.39. The monoisotopic (exact) mass is 369 g/mol. The van der Waals surface area contributed by atoms with E-state index in [4.69, 9.17) is 0 Å². The first-order valence-electron chi connectivity index (χ1n) is 9.69.